The average Bonchev–Trinajstić information content (AvgIpc) is 2.84. The minimum atomic E-state index is -0.597. The number of nitrogens with zero attached hydrogens (tertiary/aromatic N) is 8. The van der Waals surface area contributed by atoms with E-state index in [4.69, 9.17) is 45.1 Å². The Morgan fingerprint density at radius 1 is 1.03 bits per heavy atom. The van der Waals surface area contributed by atoms with Crippen molar-refractivity contribution in [2.24, 2.45) is 21.1 Å². The molecule has 0 bridgehead atoms. The van der Waals surface area contributed by atoms with Crippen molar-refractivity contribution < 1.29 is 0 Å². The van der Waals surface area contributed by atoms with Crippen LogP contribution in [0.3, 0.4) is 0 Å². The molecule has 2 aromatic rings. The lowest BCUT2D eigenvalue weighted by molar-refractivity contribution is 0.449. The minimum absolute atomic E-state index is 0.102. The summed E-state index contributed by atoms with van der Waals surface area (Å²) in [4.78, 5) is 10.6. The first-order chi connectivity index (χ1) is 16.4. The monoisotopic (exact) mass is 501 g/mol. The topological polar surface area (TPSA) is 163 Å². The molecule has 0 spiro atoms. The maximum atomic E-state index is 8.76. The van der Waals surface area contributed by atoms with E-state index >= 15 is 0 Å². The Hall–Kier alpha value is -3.17. The molecule has 1 aliphatic rings. The second-order valence-corrected chi connectivity index (χ2v) is 8.50. The van der Waals surface area contributed by atoms with Gasteiger partial charge in [-0.05, 0) is 64.9 Å². The molecule has 4 N–H and O–H groups in total. The third-order valence-corrected chi connectivity index (χ3v) is 6.69. The summed E-state index contributed by atoms with van der Waals surface area (Å²) in [6.45, 7) is 4.78. The van der Waals surface area contributed by atoms with Gasteiger partial charge in [-0.25, -0.2) is 16.3 Å². The first-order valence-electron chi connectivity index (χ1n) is 10.6. The molecule has 0 saturated heterocycles. The summed E-state index contributed by atoms with van der Waals surface area (Å²) in [5, 5.41) is 10.0. The first-order valence-corrected chi connectivity index (χ1v) is 11.4. The number of azide groups is 2. The zero-order valence-corrected chi connectivity index (χ0v) is 20.3. The Morgan fingerprint density at radius 3 is 2.26 bits per heavy atom. The third-order valence-electron chi connectivity index (χ3n) is 5.95. The van der Waals surface area contributed by atoms with E-state index in [-0.39, 0.29) is 13.1 Å². The molecule has 0 saturated carbocycles. The smallest absolute Gasteiger partial charge is 0.144 e. The molecule has 0 unspecified atom stereocenters. The molecule has 0 aromatic heterocycles. The molecule has 1 heterocycles. The molecule has 3 rings (SSSR count). The third kappa shape index (κ3) is 5.15. The Bertz CT molecular complexity index is 1180. The van der Waals surface area contributed by atoms with Gasteiger partial charge in [-0.2, -0.15) is 0 Å². The maximum absolute atomic E-state index is 8.76. The average molecular weight is 502 g/mol. The molecular weight excluding hydrogens is 477 g/mol. The number of hydrazine groups is 2. The number of rotatable bonds is 9. The predicted octanol–water partition coefficient (Wildman–Crippen LogP) is 6.19. The second-order valence-electron chi connectivity index (χ2n) is 7.68. The number of fused-ring (bicyclic) bond motifs is 1. The maximum Gasteiger partial charge on any atom is 0.144 e. The van der Waals surface area contributed by atoms with Crippen molar-refractivity contribution in [3.05, 3.63) is 78.0 Å². The van der Waals surface area contributed by atoms with Crippen molar-refractivity contribution in [3.63, 3.8) is 0 Å². The van der Waals surface area contributed by atoms with Crippen LogP contribution < -0.4 is 21.7 Å². The van der Waals surface area contributed by atoms with Crippen LogP contribution in [0.5, 0.6) is 0 Å². The molecule has 13 heteroatoms. The van der Waals surface area contributed by atoms with Gasteiger partial charge in [0.2, 0.25) is 0 Å². The number of nitrogens with two attached hydrogens (primary N) is 1. The summed E-state index contributed by atoms with van der Waals surface area (Å²) >= 11 is 12.1. The van der Waals surface area contributed by atoms with Crippen LogP contribution in [0.15, 0.2) is 45.6 Å². The van der Waals surface area contributed by atoms with Crippen LogP contribution in [0.1, 0.15) is 43.4 Å². The molecule has 0 radical (unpaired) electrons. The summed E-state index contributed by atoms with van der Waals surface area (Å²) in [5.41, 5.74) is 27.1. The van der Waals surface area contributed by atoms with E-state index in [0.29, 0.717) is 52.2 Å². The van der Waals surface area contributed by atoms with E-state index < -0.39 is 5.54 Å². The van der Waals surface area contributed by atoms with Crippen molar-refractivity contribution in [2.45, 2.75) is 51.9 Å². The summed E-state index contributed by atoms with van der Waals surface area (Å²) in [7, 11) is 0. The van der Waals surface area contributed by atoms with Crippen molar-refractivity contribution >= 4 is 40.4 Å². The number of anilines is 1. The largest absolute Gasteiger partial charge is 0.307 e. The van der Waals surface area contributed by atoms with E-state index in [2.05, 4.69) is 30.9 Å². The summed E-state index contributed by atoms with van der Waals surface area (Å²) in [6, 6.07) is 9.08. The number of hydrogen-bond acceptors (Lipinski definition) is 7. The molecule has 178 valence electrons. The number of halogens is 2. The van der Waals surface area contributed by atoms with E-state index in [9.17, 15) is 0 Å². The lowest BCUT2D eigenvalue weighted by Gasteiger charge is -2.45. The van der Waals surface area contributed by atoms with Crippen molar-refractivity contribution in [1.29, 1.82) is 0 Å². The van der Waals surface area contributed by atoms with Gasteiger partial charge in [0.15, 0.2) is 0 Å². The van der Waals surface area contributed by atoms with Crippen LogP contribution >= 0.6 is 23.2 Å². The highest BCUT2D eigenvalue weighted by atomic mass is 35.5. The molecule has 1 aliphatic heterocycles. The van der Waals surface area contributed by atoms with Gasteiger partial charge in [0.1, 0.15) is 11.4 Å². The highest BCUT2D eigenvalue weighted by Gasteiger charge is 2.42. The summed E-state index contributed by atoms with van der Waals surface area (Å²) in [5.74, 6) is 7.33. The number of aliphatic imine (C=N–C) groups is 1. The molecule has 2 aromatic carbocycles. The number of nitrogens with one attached hydrogen (secondary N) is 2. The molecule has 0 atom stereocenters. The fourth-order valence-corrected chi connectivity index (χ4v) is 4.30. The Labute approximate surface area is 207 Å². The van der Waals surface area contributed by atoms with Gasteiger partial charge in [-0.15, -0.1) is 0 Å². The van der Waals surface area contributed by atoms with Crippen molar-refractivity contribution in [2.75, 3.05) is 5.01 Å². The van der Waals surface area contributed by atoms with Gasteiger partial charge in [0.25, 0.3) is 0 Å². The SMILES string of the molecule is CCC1(CC)C(NNCc2ccc(Cl)c(Cl)c2)=Nc2cc(CN=[N+]=[N-])c(CN=[N+]=[N-])cc2N1N. The van der Waals surface area contributed by atoms with Gasteiger partial charge in [-0.1, -0.05) is 53.3 Å². The van der Waals surface area contributed by atoms with Crippen LogP contribution in [-0.2, 0) is 19.6 Å². The van der Waals surface area contributed by atoms with Crippen LogP contribution in [0.4, 0.5) is 11.4 Å². The minimum Gasteiger partial charge on any atom is -0.307 e. The number of hydrogen-bond donors (Lipinski definition) is 3. The normalized spacial score (nSPS) is 13.9. The fourth-order valence-electron chi connectivity index (χ4n) is 3.97. The number of amidine groups is 1. The van der Waals surface area contributed by atoms with Crippen molar-refractivity contribution in [3.8, 4) is 0 Å². The quantitative estimate of drug-likeness (QED) is 0.122. The Kier molecular flexibility index (Phi) is 8.46. The van der Waals surface area contributed by atoms with Gasteiger partial charge in [0.05, 0.1) is 34.5 Å². The van der Waals surface area contributed by atoms with Gasteiger partial charge >= 0.3 is 0 Å². The predicted molar refractivity (Wildman–Crippen MR) is 136 cm³/mol. The Balaban J connectivity index is 1.97. The summed E-state index contributed by atoms with van der Waals surface area (Å²) in [6.07, 6.45) is 1.37. The van der Waals surface area contributed by atoms with Gasteiger partial charge < -0.3 is 5.43 Å². The first kappa shape index (κ1) is 25.5. The van der Waals surface area contributed by atoms with E-state index in [0.717, 1.165) is 11.1 Å². The molecule has 0 aliphatic carbocycles. The zero-order valence-electron chi connectivity index (χ0n) is 18.8. The van der Waals surface area contributed by atoms with Crippen LogP contribution in [0.25, 0.3) is 20.9 Å². The molecule has 0 amide bonds. The fraction of sp³-hybridized carbons (Fsp3) is 0.381. The molecular formula is C21H25Cl2N11. The molecule has 11 nitrogen and oxygen atoms in total. The lowest BCUT2D eigenvalue weighted by Crippen LogP contribution is -2.64. The highest BCUT2D eigenvalue weighted by Crippen LogP contribution is 2.41. The molecule has 34 heavy (non-hydrogen) atoms. The lowest BCUT2D eigenvalue weighted by atomic mass is 9.87. The second kappa shape index (κ2) is 11.3. The van der Waals surface area contributed by atoms with E-state index in [1.54, 1.807) is 17.1 Å². The number of benzene rings is 2. The van der Waals surface area contributed by atoms with Gasteiger partial charge in [0, 0.05) is 16.4 Å². The standard InChI is InChI=1S/C21H25Cl2N11/c1-3-21(4-2)20(31-27-10-13-5-6-16(22)17(23)7-13)30-18-8-14(11-28-32-24)15(12-29-33-25)9-19(18)34(21)26/h5-9,27H,3-4,10-12,26H2,1-2H3,(H,30,31). The van der Waals surface area contributed by atoms with Crippen molar-refractivity contribution in [1.82, 2.24) is 10.9 Å². The van der Waals surface area contributed by atoms with Crippen LogP contribution in [0.2, 0.25) is 10.0 Å². The van der Waals surface area contributed by atoms with Crippen LogP contribution in [-0.4, -0.2) is 11.4 Å². The molecule has 0 fully saturated rings. The van der Waals surface area contributed by atoms with Crippen LogP contribution in [0, 0.1) is 0 Å². The van der Waals surface area contributed by atoms with Gasteiger partial charge in [-0.3, -0.25) is 5.01 Å². The summed E-state index contributed by atoms with van der Waals surface area (Å²) < 4.78 is 0. The van der Waals surface area contributed by atoms with E-state index in [1.165, 1.54) is 0 Å². The Morgan fingerprint density at radius 2 is 1.68 bits per heavy atom. The zero-order chi connectivity index (χ0) is 24.7. The van der Waals surface area contributed by atoms with E-state index in [1.807, 2.05) is 32.0 Å². The highest BCUT2D eigenvalue weighted by molar-refractivity contribution is 6.42.